The first-order valence-electron chi connectivity index (χ1n) is 12.1. The highest BCUT2D eigenvalue weighted by Gasteiger charge is 2.60. The van der Waals surface area contributed by atoms with Crippen LogP contribution in [0, 0.1) is 34.3 Å². The molecule has 4 aliphatic rings. The van der Waals surface area contributed by atoms with Crippen molar-refractivity contribution in [1.29, 1.82) is 0 Å². The van der Waals surface area contributed by atoms with E-state index in [1.54, 1.807) is 0 Å². The smallest absolute Gasteiger partial charge is 0.336 e. The third kappa shape index (κ3) is 3.64. The van der Waals surface area contributed by atoms with Crippen LogP contribution in [0.2, 0.25) is 0 Å². The molecule has 0 radical (unpaired) electrons. The summed E-state index contributed by atoms with van der Waals surface area (Å²) in [7, 11) is 0. The van der Waals surface area contributed by atoms with Gasteiger partial charge in [-0.2, -0.15) is 0 Å². The second kappa shape index (κ2) is 8.54. The number of aliphatic hydroxyl groups excluding tert-OH is 1. The van der Waals surface area contributed by atoms with E-state index in [2.05, 4.69) is 20.4 Å². The Morgan fingerprint density at radius 3 is 2.62 bits per heavy atom. The molecule has 2 saturated heterocycles. The number of benzene rings is 1. The highest BCUT2D eigenvalue weighted by Crippen LogP contribution is 2.64. The van der Waals surface area contributed by atoms with E-state index < -0.39 is 30.0 Å². The molecule has 5 rings (SSSR count). The molecule has 0 bridgehead atoms. The van der Waals surface area contributed by atoms with Gasteiger partial charge in [-0.15, -0.1) is 0 Å². The van der Waals surface area contributed by atoms with Crippen LogP contribution in [0.5, 0.6) is 0 Å². The third-order valence-corrected chi connectivity index (χ3v) is 8.93. The van der Waals surface area contributed by atoms with Crippen LogP contribution in [-0.4, -0.2) is 36.5 Å². The van der Waals surface area contributed by atoms with Gasteiger partial charge in [0.1, 0.15) is 24.3 Å². The van der Waals surface area contributed by atoms with Crippen molar-refractivity contribution in [3.8, 4) is 0 Å². The predicted molar refractivity (Wildman–Crippen MR) is 120 cm³/mol. The second-order valence-corrected chi connectivity index (χ2v) is 10.8. The molecule has 5 nitrogen and oxygen atoms in total. The van der Waals surface area contributed by atoms with Gasteiger partial charge in [-0.05, 0) is 61.5 Å². The predicted octanol–water partition coefficient (Wildman–Crippen LogP) is 5.00. The first-order chi connectivity index (χ1) is 16.1. The normalized spacial score (nSPS) is 41.2. The molecule has 2 aliphatic carbocycles. The molecule has 34 heavy (non-hydrogen) atoms. The monoisotopic (exact) mass is 474 g/mol. The van der Waals surface area contributed by atoms with Crippen LogP contribution in [0.1, 0.15) is 57.8 Å². The van der Waals surface area contributed by atoms with E-state index in [1.807, 2.05) is 6.08 Å². The average molecular weight is 475 g/mol. The van der Waals surface area contributed by atoms with Crippen molar-refractivity contribution in [2.24, 2.45) is 22.7 Å². The Labute approximate surface area is 198 Å². The molecular formula is C27H32F2O5. The average Bonchev–Trinajstić information content (AvgIpc) is 3.10. The zero-order valence-corrected chi connectivity index (χ0v) is 19.7. The van der Waals surface area contributed by atoms with Crippen molar-refractivity contribution in [1.82, 2.24) is 0 Å². The highest BCUT2D eigenvalue weighted by molar-refractivity contribution is 5.91. The highest BCUT2D eigenvalue weighted by atomic mass is 19.1. The SMILES string of the molecule is C=C1CCC2C3(C)COC(c4c(F)cccc4F)OC3CCC2(C)C1C/C=C1/C(=O)OCC1O. The van der Waals surface area contributed by atoms with Gasteiger partial charge in [-0.25, -0.2) is 13.6 Å². The van der Waals surface area contributed by atoms with E-state index in [1.165, 1.54) is 18.2 Å². The van der Waals surface area contributed by atoms with E-state index >= 15 is 0 Å². The Bertz CT molecular complexity index is 1020. The number of cyclic esters (lactones) is 1. The third-order valence-electron chi connectivity index (χ3n) is 8.93. The van der Waals surface area contributed by atoms with Gasteiger partial charge in [-0.1, -0.05) is 38.1 Å². The summed E-state index contributed by atoms with van der Waals surface area (Å²) in [6.07, 6.45) is 3.71. The summed E-state index contributed by atoms with van der Waals surface area (Å²) in [6, 6.07) is 3.78. The van der Waals surface area contributed by atoms with Gasteiger partial charge in [0.25, 0.3) is 0 Å². The number of fused-ring (bicyclic) bond motifs is 3. The van der Waals surface area contributed by atoms with Gasteiger partial charge in [-0.3, -0.25) is 0 Å². The number of rotatable bonds is 3. The minimum atomic E-state index is -1.06. The molecule has 184 valence electrons. The summed E-state index contributed by atoms with van der Waals surface area (Å²) < 4.78 is 45.9. The molecule has 2 heterocycles. The van der Waals surface area contributed by atoms with E-state index in [0.717, 1.165) is 31.3 Å². The zero-order chi connectivity index (χ0) is 24.3. The summed E-state index contributed by atoms with van der Waals surface area (Å²) in [5, 5.41) is 10.1. The second-order valence-electron chi connectivity index (χ2n) is 10.8. The molecule has 2 aliphatic heterocycles. The molecule has 2 saturated carbocycles. The number of allylic oxidation sites excluding steroid dienone is 2. The summed E-state index contributed by atoms with van der Waals surface area (Å²) in [4.78, 5) is 12.0. The Hall–Kier alpha value is -2.09. The molecule has 0 aromatic heterocycles. The van der Waals surface area contributed by atoms with Crippen molar-refractivity contribution >= 4 is 5.97 Å². The maximum Gasteiger partial charge on any atom is 0.336 e. The largest absolute Gasteiger partial charge is 0.459 e. The number of aliphatic hydroxyl groups is 1. The quantitative estimate of drug-likeness (QED) is 0.379. The van der Waals surface area contributed by atoms with Crippen LogP contribution < -0.4 is 0 Å². The summed E-state index contributed by atoms with van der Waals surface area (Å²) >= 11 is 0. The number of carbonyl (C=O) groups excluding carboxylic acids is 1. The van der Waals surface area contributed by atoms with Gasteiger partial charge in [0, 0.05) is 5.41 Å². The van der Waals surface area contributed by atoms with Crippen LogP contribution in [0.15, 0.2) is 42.0 Å². The minimum absolute atomic E-state index is 0.00830. The molecular weight excluding hydrogens is 442 g/mol. The van der Waals surface area contributed by atoms with Crippen LogP contribution in [0.4, 0.5) is 8.78 Å². The Balaban J connectivity index is 1.39. The van der Waals surface area contributed by atoms with Gasteiger partial charge < -0.3 is 19.3 Å². The summed E-state index contributed by atoms with van der Waals surface area (Å²) in [5.74, 6) is -1.39. The van der Waals surface area contributed by atoms with Crippen LogP contribution >= 0.6 is 0 Å². The number of halogens is 2. The fraction of sp³-hybridized carbons (Fsp3) is 0.593. The van der Waals surface area contributed by atoms with Crippen LogP contribution in [0.3, 0.4) is 0 Å². The van der Waals surface area contributed by atoms with Gasteiger partial charge >= 0.3 is 5.97 Å². The molecule has 1 aromatic rings. The Morgan fingerprint density at radius 1 is 1.21 bits per heavy atom. The van der Waals surface area contributed by atoms with Crippen LogP contribution in [0.25, 0.3) is 0 Å². The lowest BCUT2D eigenvalue weighted by Gasteiger charge is -2.62. The Morgan fingerprint density at radius 2 is 1.94 bits per heavy atom. The Kier molecular flexibility index (Phi) is 5.94. The number of hydrogen-bond donors (Lipinski definition) is 1. The van der Waals surface area contributed by atoms with E-state index in [4.69, 9.17) is 14.2 Å². The fourth-order valence-corrected chi connectivity index (χ4v) is 7.08. The number of esters is 1. The van der Waals surface area contributed by atoms with Crippen LogP contribution in [-0.2, 0) is 19.0 Å². The van der Waals surface area contributed by atoms with E-state index in [9.17, 15) is 18.7 Å². The molecule has 7 heteroatoms. The number of hydrogen-bond acceptors (Lipinski definition) is 5. The molecule has 7 unspecified atom stereocenters. The number of carbonyl (C=O) groups is 1. The van der Waals surface area contributed by atoms with Gasteiger partial charge in [0.15, 0.2) is 6.29 Å². The van der Waals surface area contributed by atoms with Crippen molar-refractivity contribution < 1.29 is 32.9 Å². The maximum absolute atomic E-state index is 14.4. The number of ether oxygens (including phenoxy) is 3. The van der Waals surface area contributed by atoms with E-state index in [0.29, 0.717) is 18.6 Å². The lowest BCUT2D eigenvalue weighted by Crippen LogP contribution is -2.60. The first kappa shape index (κ1) is 23.6. The molecule has 0 amide bonds. The molecule has 1 N–H and O–H groups in total. The summed E-state index contributed by atoms with van der Waals surface area (Å²) in [6.45, 7) is 9.15. The molecule has 7 atom stereocenters. The lowest BCUT2D eigenvalue weighted by molar-refractivity contribution is -0.308. The molecule has 0 spiro atoms. The van der Waals surface area contributed by atoms with E-state index in [-0.39, 0.29) is 40.9 Å². The maximum atomic E-state index is 14.4. The topological polar surface area (TPSA) is 65.0 Å². The summed E-state index contributed by atoms with van der Waals surface area (Å²) in [5.41, 5.74) is 0.901. The molecule has 1 aromatic carbocycles. The minimum Gasteiger partial charge on any atom is -0.459 e. The van der Waals surface area contributed by atoms with Crippen molar-refractivity contribution in [2.45, 2.75) is 64.4 Å². The first-order valence-corrected chi connectivity index (χ1v) is 12.1. The van der Waals surface area contributed by atoms with Gasteiger partial charge in [0.2, 0.25) is 0 Å². The fourth-order valence-electron chi connectivity index (χ4n) is 7.08. The van der Waals surface area contributed by atoms with Crippen molar-refractivity contribution in [2.75, 3.05) is 13.2 Å². The van der Waals surface area contributed by atoms with Gasteiger partial charge in [0.05, 0.1) is 23.8 Å². The lowest BCUT2D eigenvalue weighted by atomic mass is 9.46. The standard InChI is InChI=1S/C27H32F2O5/c1-15-7-10-21-26(2,17(15)9-8-16-20(30)13-32-24(16)31)12-11-22-27(21,3)14-33-25(34-22)23-18(28)5-4-6-19(23)29/h4-6,8,17,20-22,25,30H,1,7,9-14H2,2-3H3/b16-8+. The van der Waals surface area contributed by atoms with Crippen molar-refractivity contribution in [3.63, 3.8) is 0 Å². The zero-order valence-electron chi connectivity index (χ0n) is 19.7. The molecule has 4 fully saturated rings. The van der Waals surface area contributed by atoms with Crippen molar-refractivity contribution in [3.05, 3.63) is 59.2 Å².